The maximum atomic E-state index is 10.8. The summed E-state index contributed by atoms with van der Waals surface area (Å²) >= 11 is 1.58. The van der Waals surface area contributed by atoms with E-state index in [4.69, 9.17) is 5.11 Å². The Hall–Kier alpha value is -1.94. The Balaban J connectivity index is 1.92. The molecule has 0 saturated carbocycles. The number of aliphatic carboxylic acids is 1. The van der Waals surface area contributed by atoms with E-state index in [1.165, 1.54) is 0 Å². The molecular formula is C16H17NO2S. The Bertz CT molecular complexity index is 590. The molecule has 0 aliphatic rings. The van der Waals surface area contributed by atoms with Gasteiger partial charge in [0.15, 0.2) is 0 Å². The lowest BCUT2D eigenvalue weighted by molar-refractivity contribution is -0.141. The Kier molecular flexibility index (Phi) is 5.07. The molecule has 0 bridgehead atoms. The molecule has 4 heteroatoms. The van der Waals surface area contributed by atoms with Crippen LogP contribution in [-0.4, -0.2) is 16.1 Å². The molecule has 1 atom stereocenters. The SMILES string of the molecule is CC(CCc1csc(/C=C/c2ccccc2)n1)C(=O)O. The number of rotatable bonds is 6. The molecular weight excluding hydrogens is 270 g/mol. The third-order valence-corrected chi connectivity index (χ3v) is 3.90. The first kappa shape index (κ1) is 14.5. The highest BCUT2D eigenvalue weighted by Crippen LogP contribution is 2.16. The van der Waals surface area contributed by atoms with Crippen LogP contribution >= 0.6 is 11.3 Å². The number of aromatic nitrogens is 1. The first-order valence-electron chi connectivity index (χ1n) is 6.55. The van der Waals surface area contributed by atoms with E-state index < -0.39 is 5.97 Å². The van der Waals surface area contributed by atoms with Crippen LogP contribution in [0.15, 0.2) is 35.7 Å². The first-order valence-corrected chi connectivity index (χ1v) is 7.43. The minimum atomic E-state index is -0.746. The van der Waals surface area contributed by atoms with Gasteiger partial charge in [-0.2, -0.15) is 0 Å². The highest BCUT2D eigenvalue weighted by molar-refractivity contribution is 7.10. The van der Waals surface area contributed by atoms with E-state index in [0.717, 1.165) is 16.3 Å². The first-order chi connectivity index (χ1) is 9.65. The number of nitrogens with zero attached hydrogens (tertiary/aromatic N) is 1. The number of carbonyl (C=O) groups is 1. The van der Waals surface area contributed by atoms with E-state index in [2.05, 4.69) is 4.98 Å². The van der Waals surface area contributed by atoms with Gasteiger partial charge in [0.2, 0.25) is 0 Å². The number of thiazole rings is 1. The van der Waals surface area contributed by atoms with Crippen molar-refractivity contribution in [1.29, 1.82) is 0 Å². The molecule has 20 heavy (non-hydrogen) atoms. The molecule has 0 fully saturated rings. The summed E-state index contributed by atoms with van der Waals surface area (Å²) in [5, 5.41) is 11.8. The van der Waals surface area contributed by atoms with E-state index in [9.17, 15) is 4.79 Å². The van der Waals surface area contributed by atoms with Gasteiger partial charge in [0, 0.05) is 5.38 Å². The van der Waals surface area contributed by atoms with Gasteiger partial charge in [-0.1, -0.05) is 43.3 Å². The second kappa shape index (κ2) is 7.01. The highest BCUT2D eigenvalue weighted by atomic mass is 32.1. The summed E-state index contributed by atoms with van der Waals surface area (Å²) in [7, 11) is 0. The van der Waals surface area contributed by atoms with Gasteiger partial charge in [0.1, 0.15) is 5.01 Å². The lowest BCUT2D eigenvalue weighted by Gasteiger charge is -2.02. The third kappa shape index (κ3) is 4.31. The van der Waals surface area contributed by atoms with Crippen molar-refractivity contribution in [2.75, 3.05) is 0 Å². The van der Waals surface area contributed by atoms with Crippen LogP contribution in [0.5, 0.6) is 0 Å². The normalized spacial score (nSPS) is 12.7. The van der Waals surface area contributed by atoms with Gasteiger partial charge < -0.3 is 5.11 Å². The Morgan fingerprint density at radius 2 is 2.10 bits per heavy atom. The average Bonchev–Trinajstić information content (AvgIpc) is 2.91. The Morgan fingerprint density at radius 3 is 2.80 bits per heavy atom. The van der Waals surface area contributed by atoms with Crippen molar-refractivity contribution in [3.63, 3.8) is 0 Å². The smallest absolute Gasteiger partial charge is 0.306 e. The number of carboxylic acid groups (broad SMARTS) is 1. The molecule has 0 aliphatic heterocycles. The van der Waals surface area contributed by atoms with E-state index >= 15 is 0 Å². The fourth-order valence-electron chi connectivity index (χ4n) is 1.73. The molecule has 0 radical (unpaired) electrons. The van der Waals surface area contributed by atoms with Crippen molar-refractivity contribution in [2.24, 2.45) is 5.92 Å². The van der Waals surface area contributed by atoms with Crippen molar-refractivity contribution >= 4 is 29.5 Å². The summed E-state index contributed by atoms with van der Waals surface area (Å²) in [6.07, 6.45) is 5.36. The zero-order chi connectivity index (χ0) is 14.4. The van der Waals surface area contributed by atoms with Crippen molar-refractivity contribution < 1.29 is 9.90 Å². The standard InChI is InChI=1S/C16H17NO2S/c1-12(16(18)19)7-9-14-11-20-15(17-14)10-8-13-5-3-2-4-6-13/h2-6,8,10-12H,7,9H2,1H3,(H,18,19)/b10-8+. The van der Waals surface area contributed by atoms with Crippen molar-refractivity contribution in [2.45, 2.75) is 19.8 Å². The predicted molar refractivity (Wildman–Crippen MR) is 82.6 cm³/mol. The molecule has 1 heterocycles. The van der Waals surface area contributed by atoms with Crippen LogP contribution in [0.3, 0.4) is 0 Å². The molecule has 1 aromatic carbocycles. The summed E-state index contributed by atoms with van der Waals surface area (Å²) in [6.45, 7) is 1.73. The van der Waals surface area contributed by atoms with Crippen LogP contribution in [0.1, 0.15) is 29.6 Å². The summed E-state index contributed by atoms with van der Waals surface area (Å²) in [4.78, 5) is 15.3. The maximum absolute atomic E-state index is 10.8. The van der Waals surface area contributed by atoms with E-state index in [0.29, 0.717) is 12.8 Å². The van der Waals surface area contributed by atoms with Crippen LogP contribution in [0, 0.1) is 5.92 Å². The number of aryl methyl sites for hydroxylation is 1. The number of hydrogen-bond acceptors (Lipinski definition) is 3. The highest BCUT2D eigenvalue weighted by Gasteiger charge is 2.11. The van der Waals surface area contributed by atoms with Gasteiger partial charge in [0.05, 0.1) is 11.6 Å². The molecule has 3 nitrogen and oxygen atoms in total. The molecule has 2 aromatic rings. The molecule has 2 rings (SSSR count). The lowest BCUT2D eigenvalue weighted by Crippen LogP contribution is -2.10. The van der Waals surface area contributed by atoms with Crippen LogP contribution in [-0.2, 0) is 11.2 Å². The fraction of sp³-hybridized carbons (Fsp3) is 0.250. The lowest BCUT2D eigenvalue weighted by atomic mass is 10.1. The Labute approximate surface area is 122 Å². The van der Waals surface area contributed by atoms with Crippen molar-refractivity contribution in [3.05, 3.63) is 52.0 Å². The minimum Gasteiger partial charge on any atom is -0.481 e. The zero-order valence-corrected chi connectivity index (χ0v) is 12.1. The molecule has 1 N–H and O–H groups in total. The largest absolute Gasteiger partial charge is 0.481 e. The summed E-state index contributed by atoms with van der Waals surface area (Å²) in [5.74, 6) is -1.07. The fourth-order valence-corrected chi connectivity index (χ4v) is 2.48. The van der Waals surface area contributed by atoms with Gasteiger partial charge in [-0.15, -0.1) is 11.3 Å². The van der Waals surface area contributed by atoms with Crippen LogP contribution < -0.4 is 0 Å². The molecule has 0 spiro atoms. The van der Waals surface area contributed by atoms with Crippen molar-refractivity contribution in [1.82, 2.24) is 4.98 Å². The number of benzene rings is 1. The van der Waals surface area contributed by atoms with E-state index in [1.54, 1.807) is 18.3 Å². The van der Waals surface area contributed by atoms with Crippen molar-refractivity contribution in [3.8, 4) is 0 Å². The quantitative estimate of drug-likeness (QED) is 0.874. The van der Waals surface area contributed by atoms with Gasteiger partial charge >= 0.3 is 5.97 Å². The molecule has 0 amide bonds. The Morgan fingerprint density at radius 1 is 1.35 bits per heavy atom. The summed E-state index contributed by atoms with van der Waals surface area (Å²) in [5.41, 5.74) is 2.11. The molecule has 0 saturated heterocycles. The monoisotopic (exact) mass is 287 g/mol. The minimum absolute atomic E-state index is 0.319. The molecule has 0 aliphatic carbocycles. The number of carboxylic acids is 1. The molecule has 1 aromatic heterocycles. The van der Waals surface area contributed by atoms with Crippen LogP contribution in [0.25, 0.3) is 12.2 Å². The second-order valence-corrected chi connectivity index (χ2v) is 5.59. The molecule has 1 unspecified atom stereocenters. The summed E-state index contributed by atoms with van der Waals surface area (Å²) < 4.78 is 0. The summed E-state index contributed by atoms with van der Waals surface area (Å²) in [6, 6.07) is 10.1. The van der Waals surface area contributed by atoms with Gasteiger partial charge in [0.25, 0.3) is 0 Å². The van der Waals surface area contributed by atoms with Gasteiger partial charge in [-0.25, -0.2) is 4.98 Å². The van der Waals surface area contributed by atoms with Crippen LogP contribution in [0.4, 0.5) is 0 Å². The van der Waals surface area contributed by atoms with E-state index in [1.807, 2.05) is 47.9 Å². The zero-order valence-electron chi connectivity index (χ0n) is 11.3. The van der Waals surface area contributed by atoms with Crippen LogP contribution in [0.2, 0.25) is 0 Å². The topological polar surface area (TPSA) is 50.2 Å². The van der Waals surface area contributed by atoms with Gasteiger partial charge in [-0.05, 0) is 24.5 Å². The van der Waals surface area contributed by atoms with Gasteiger partial charge in [-0.3, -0.25) is 4.79 Å². The van der Waals surface area contributed by atoms with E-state index in [-0.39, 0.29) is 5.92 Å². The second-order valence-electron chi connectivity index (χ2n) is 4.70. The average molecular weight is 287 g/mol. The molecule has 104 valence electrons. The number of hydrogen-bond donors (Lipinski definition) is 1. The maximum Gasteiger partial charge on any atom is 0.306 e. The third-order valence-electron chi connectivity index (χ3n) is 3.04. The predicted octanol–water partition coefficient (Wildman–Crippen LogP) is 3.97.